The van der Waals surface area contributed by atoms with Gasteiger partial charge in [-0.2, -0.15) is 0 Å². The van der Waals surface area contributed by atoms with Crippen LogP contribution in [0.2, 0.25) is 0 Å². The molecule has 0 radical (unpaired) electrons. The summed E-state index contributed by atoms with van der Waals surface area (Å²) in [6, 6.07) is 9.84. The molecule has 0 amide bonds. The Labute approximate surface area is 152 Å². The van der Waals surface area contributed by atoms with Crippen LogP contribution in [0.1, 0.15) is 25.3 Å². The summed E-state index contributed by atoms with van der Waals surface area (Å²) < 4.78 is 11.0. The zero-order valence-corrected chi connectivity index (χ0v) is 15.3. The number of benzene rings is 1. The molecule has 26 heavy (non-hydrogen) atoms. The summed E-state index contributed by atoms with van der Waals surface area (Å²) in [6.45, 7) is 8.16. The van der Waals surface area contributed by atoms with Crippen LogP contribution >= 0.6 is 0 Å². The number of ether oxygens (including phenoxy) is 1. The zero-order valence-electron chi connectivity index (χ0n) is 15.3. The Balaban J connectivity index is 1.68. The fourth-order valence-electron chi connectivity index (χ4n) is 3.36. The first-order valence-electron chi connectivity index (χ1n) is 8.92. The Morgan fingerprint density at radius 1 is 1.12 bits per heavy atom. The predicted molar refractivity (Wildman–Crippen MR) is 100 cm³/mol. The molecule has 136 valence electrons. The normalized spacial score (nSPS) is 20.5. The minimum Gasteiger partial charge on any atom is -0.372 e. The quantitative estimate of drug-likeness (QED) is 0.772. The van der Waals surface area contributed by atoms with Crippen molar-refractivity contribution in [1.82, 2.24) is 15.1 Å². The molecule has 7 nitrogen and oxygen atoms in total. The van der Waals surface area contributed by atoms with E-state index in [4.69, 9.17) is 19.2 Å². The highest BCUT2D eigenvalue weighted by atomic mass is 16.5. The standard InChI is InChI=1S/C19H23N5O2/c1-12-8-15(23-26-12)9-20-18-19(24-10-13(2)25-14(3)11-24)22-17-7-5-4-6-16(17)21-18/h4-8,13-14H,9-11H2,1-3H3,(H,20,21)/t13-,14-/m0/s1. The van der Waals surface area contributed by atoms with Crippen molar-refractivity contribution in [2.24, 2.45) is 0 Å². The lowest BCUT2D eigenvalue weighted by Gasteiger charge is -2.36. The zero-order chi connectivity index (χ0) is 18.1. The van der Waals surface area contributed by atoms with Gasteiger partial charge in [0.1, 0.15) is 11.5 Å². The lowest BCUT2D eigenvalue weighted by molar-refractivity contribution is -0.00541. The number of hydrogen-bond donors (Lipinski definition) is 1. The van der Waals surface area contributed by atoms with Crippen molar-refractivity contribution in [1.29, 1.82) is 0 Å². The van der Waals surface area contributed by atoms with E-state index in [0.717, 1.165) is 47.2 Å². The van der Waals surface area contributed by atoms with Crippen LogP contribution in [0.5, 0.6) is 0 Å². The van der Waals surface area contributed by atoms with E-state index in [1.54, 1.807) is 0 Å². The number of hydrogen-bond acceptors (Lipinski definition) is 7. The molecule has 7 heteroatoms. The molecule has 3 aromatic rings. The van der Waals surface area contributed by atoms with Crippen LogP contribution in [0.4, 0.5) is 11.6 Å². The number of nitrogens with one attached hydrogen (secondary N) is 1. The molecule has 1 N–H and O–H groups in total. The highest BCUT2D eigenvalue weighted by Gasteiger charge is 2.26. The Hall–Kier alpha value is -2.67. The number of aromatic nitrogens is 3. The van der Waals surface area contributed by atoms with Crippen LogP contribution in [0.25, 0.3) is 11.0 Å². The average Bonchev–Trinajstić information content (AvgIpc) is 3.03. The van der Waals surface area contributed by atoms with Gasteiger partial charge in [-0.3, -0.25) is 0 Å². The van der Waals surface area contributed by atoms with Crippen molar-refractivity contribution in [3.63, 3.8) is 0 Å². The van der Waals surface area contributed by atoms with Gasteiger partial charge >= 0.3 is 0 Å². The summed E-state index contributed by atoms with van der Waals surface area (Å²) >= 11 is 0. The first-order valence-corrected chi connectivity index (χ1v) is 8.92. The van der Waals surface area contributed by atoms with Crippen molar-refractivity contribution < 1.29 is 9.26 Å². The first-order chi connectivity index (χ1) is 12.6. The van der Waals surface area contributed by atoms with Crippen molar-refractivity contribution in [3.8, 4) is 0 Å². The topological polar surface area (TPSA) is 76.3 Å². The van der Waals surface area contributed by atoms with E-state index in [1.165, 1.54) is 0 Å². The first kappa shape index (κ1) is 16.8. The second-order valence-corrected chi connectivity index (χ2v) is 6.83. The molecule has 1 aliphatic rings. The molecule has 1 fully saturated rings. The highest BCUT2D eigenvalue weighted by molar-refractivity contribution is 5.80. The largest absolute Gasteiger partial charge is 0.372 e. The average molecular weight is 353 g/mol. The van der Waals surface area contributed by atoms with Gasteiger partial charge < -0.3 is 19.5 Å². The number of para-hydroxylation sites is 2. The van der Waals surface area contributed by atoms with Crippen molar-refractivity contribution in [2.75, 3.05) is 23.3 Å². The second-order valence-electron chi connectivity index (χ2n) is 6.83. The third-order valence-corrected chi connectivity index (χ3v) is 4.39. The summed E-state index contributed by atoms with van der Waals surface area (Å²) in [5.41, 5.74) is 2.59. The minimum atomic E-state index is 0.151. The van der Waals surface area contributed by atoms with E-state index in [0.29, 0.717) is 6.54 Å². The van der Waals surface area contributed by atoms with E-state index in [-0.39, 0.29) is 12.2 Å². The molecule has 0 spiro atoms. The molecule has 3 heterocycles. The van der Waals surface area contributed by atoms with Crippen LogP contribution in [0.3, 0.4) is 0 Å². The molecule has 2 aromatic heterocycles. The van der Waals surface area contributed by atoms with Gasteiger partial charge in [-0.25, -0.2) is 9.97 Å². The van der Waals surface area contributed by atoms with Gasteiger partial charge in [0.2, 0.25) is 0 Å². The number of nitrogens with zero attached hydrogens (tertiary/aromatic N) is 4. The summed E-state index contributed by atoms with van der Waals surface area (Å²) in [6.07, 6.45) is 0.302. The van der Waals surface area contributed by atoms with Crippen LogP contribution < -0.4 is 10.2 Å². The third-order valence-electron chi connectivity index (χ3n) is 4.39. The lowest BCUT2D eigenvalue weighted by Crippen LogP contribution is -2.46. The minimum absolute atomic E-state index is 0.151. The summed E-state index contributed by atoms with van der Waals surface area (Å²) in [4.78, 5) is 11.9. The molecule has 1 saturated heterocycles. The maximum Gasteiger partial charge on any atom is 0.172 e. The van der Waals surface area contributed by atoms with E-state index in [1.807, 2.05) is 37.3 Å². The lowest BCUT2D eigenvalue weighted by atomic mass is 10.2. The summed E-state index contributed by atoms with van der Waals surface area (Å²) in [7, 11) is 0. The molecule has 0 saturated carbocycles. The number of rotatable bonds is 4. The number of fused-ring (bicyclic) bond motifs is 1. The van der Waals surface area contributed by atoms with Crippen molar-refractivity contribution in [3.05, 3.63) is 41.8 Å². The van der Waals surface area contributed by atoms with Gasteiger partial charge in [0.05, 0.1) is 29.8 Å². The monoisotopic (exact) mass is 353 g/mol. The summed E-state index contributed by atoms with van der Waals surface area (Å²) in [5, 5.41) is 7.42. The van der Waals surface area contributed by atoms with E-state index < -0.39 is 0 Å². The van der Waals surface area contributed by atoms with Crippen LogP contribution in [-0.2, 0) is 11.3 Å². The van der Waals surface area contributed by atoms with Crippen molar-refractivity contribution >= 4 is 22.7 Å². The highest BCUT2D eigenvalue weighted by Crippen LogP contribution is 2.28. The maximum atomic E-state index is 5.86. The van der Waals surface area contributed by atoms with E-state index in [9.17, 15) is 0 Å². The molecule has 1 aliphatic heterocycles. The smallest absolute Gasteiger partial charge is 0.172 e. The molecule has 0 bridgehead atoms. The van der Waals surface area contributed by atoms with Gasteiger partial charge in [0, 0.05) is 19.2 Å². The Bertz CT molecular complexity index is 900. The van der Waals surface area contributed by atoms with E-state index in [2.05, 4.69) is 29.2 Å². The van der Waals surface area contributed by atoms with Gasteiger partial charge in [-0.05, 0) is 32.9 Å². The Kier molecular flexibility index (Phi) is 4.46. The molecular weight excluding hydrogens is 330 g/mol. The molecule has 2 atom stereocenters. The third kappa shape index (κ3) is 3.48. The van der Waals surface area contributed by atoms with Crippen LogP contribution in [-0.4, -0.2) is 40.4 Å². The second kappa shape index (κ2) is 6.92. The molecule has 1 aromatic carbocycles. The molecular formula is C19H23N5O2. The van der Waals surface area contributed by atoms with Gasteiger partial charge in [-0.15, -0.1) is 0 Å². The SMILES string of the molecule is Cc1cc(CNc2nc3ccccc3nc2N2C[C@H](C)O[C@@H](C)C2)no1. The summed E-state index contributed by atoms with van der Waals surface area (Å²) in [5.74, 6) is 2.40. The Morgan fingerprint density at radius 2 is 1.81 bits per heavy atom. The predicted octanol–water partition coefficient (Wildman–Crippen LogP) is 3.15. The number of aryl methyl sites for hydroxylation is 1. The maximum absolute atomic E-state index is 5.86. The van der Waals surface area contributed by atoms with Crippen LogP contribution in [0, 0.1) is 6.92 Å². The van der Waals surface area contributed by atoms with Gasteiger partial charge in [0.15, 0.2) is 11.6 Å². The number of morpholine rings is 1. The van der Waals surface area contributed by atoms with E-state index >= 15 is 0 Å². The fraction of sp³-hybridized carbons (Fsp3) is 0.421. The van der Waals surface area contributed by atoms with Gasteiger partial charge in [0.25, 0.3) is 0 Å². The van der Waals surface area contributed by atoms with Crippen molar-refractivity contribution in [2.45, 2.75) is 39.5 Å². The van der Waals surface area contributed by atoms with Gasteiger partial charge in [-0.1, -0.05) is 17.3 Å². The molecule has 0 unspecified atom stereocenters. The number of anilines is 2. The Morgan fingerprint density at radius 3 is 2.46 bits per heavy atom. The molecule has 4 rings (SSSR count). The fourth-order valence-corrected chi connectivity index (χ4v) is 3.36. The van der Waals surface area contributed by atoms with Crippen LogP contribution in [0.15, 0.2) is 34.9 Å². The molecule has 0 aliphatic carbocycles.